The average Bonchev–Trinajstić information content (AvgIpc) is 2.46. The third-order valence-electron chi connectivity index (χ3n) is 4.23. The molecule has 0 radical (unpaired) electrons. The van der Waals surface area contributed by atoms with Gasteiger partial charge < -0.3 is 10.1 Å². The normalized spacial score (nSPS) is 17.4. The maximum absolute atomic E-state index is 6.15. The summed E-state index contributed by atoms with van der Waals surface area (Å²) in [7, 11) is 0. The molecule has 0 aromatic heterocycles. The standard InChI is InChI=1S/C20H25NO/c1-14-5-10-18-19(11-14)22-17(13-21-18)12-15-6-8-16(9-7-15)20(2,3)4/h5-11,17,21H,12-13H2,1-4H3. The van der Waals surface area contributed by atoms with Crippen LogP contribution in [0.15, 0.2) is 42.5 Å². The Kier molecular flexibility index (Phi) is 3.86. The molecule has 2 aromatic carbocycles. The van der Waals surface area contributed by atoms with Gasteiger partial charge in [-0.15, -0.1) is 0 Å². The van der Waals surface area contributed by atoms with Crippen LogP contribution < -0.4 is 10.1 Å². The van der Waals surface area contributed by atoms with Crippen LogP contribution in [0.2, 0.25) is 0 Å². The molecule has 1 aliphatic heterocycles. The molecule has 0 spiro atoms. The third-order valence-corrected chi connectivity index (χ3v) is 4.23. The zero-order valence-electron chi connectivity index (χ0n) is 13.9. The zero-order chi connectivity index (χ0) is 15.7. The third kappa shape index (κ3) is 3.27. The van der Waals surface area contributed by atoms with E-state index in [0.29, 0.717) is 0 Å². The van der Waals surface area contributed by atoms with Crippen molar-refractivity contribution in [3.05, 3.63) is 59.2 Å². The second-order valence-electron chi connectivity index (χ2n) is 7.27. The van der Waals surface area contributed by atoms with E-state index in [1.165, 1.54) is 16.7 Å². The Hall–Kier alpha value is -1.96. The van der Waals surface area contributed by atoms with Gasteiger partial charge in [-0.3, -0.25) is 0 Å². The van der Waals surface area contributed by atoms with Crippen molar-refractivity contribution in [2.45, 2.75) is 45.6 Å². The van der Waals surface area contributed by atoms with Crippen molar-refractivity contribution in [2.75, 3.05) is 11.9 Å². The van der Waals surface area contributed by atoms with Crippen molar-refractivity contribution in [2.24, 2.45) is 0 Å². The van der Waals surface area contributed by atoms with Crippen molar-refractivity contribution in [3.63, 3.8) is 0 Å². The summed E-state index contributed by atoms with van der Waals surface area (Å²) in [5.74, 6) is 0.975. The minimum atomic E-state index is 0.190. The van der Waals surface area contributed by atoms with Crippen molar-refractivity contribution in [1.82, 2.24) is 0 Å². The van der Waals surface area contributed by atoms with Crippen LogP contribution in [0.1, 0.15) is 37.5 Å². The largest absolute Gasteiger partial charge is 0.486 e. The SMILES string of the molecule is Cc1ccc2c(c1)OC(Cc1ccc(C(C)(C)C)cc1)CN2. The average molecular weight is 295 g/mol. The van der Waals surface area contributed by atoms with Gasteiger partial charge >= 0.3 is 0 Å². The van der Waals surface area contributed by atoms with Gasteiger partial charge in [0.05, 0.1) is 12.2 Å². The first-order valence-corrected chi connectivity index (χ1v) is 8.02. The Bertz CT molecular complexity index is 652. The first-order chi connectivity index (χ1) is 10.4. The molecular weight excluding hydrogens is 270 g/mol. The topological polar surface area (TPSA) is 21.3 Å². The number of benzene rings is 2. The van der Waals surface area contributed by atoms with E-state index in [4.69, 9.17) is 4.74 Å². The van der Waals surface area contributed by atoms with Gasteiger partial charge in [0.25, 0.3) is 0 Å². The summed E-state index contributed by atoms with van der Waals surface area (Å²) < 4.78 is 6.15. The Balaban J connectivity index is 1.69. The van der Waals surface area contributed by atoms with Crippen LogP contribution in [0.3, 0.4) is 0 Å². The van der Waals surface area contributed by atoms with Gasteiger partial charge in [-0.2, -0.15) is 0 Å². The van der Waals surface area contributed by atoms with Gasteiger partial charge in [-0.1, -0.05) is 51.1 Å². The van der Waals surface area contributed by atoms with Gasteiger partial charge in [-0.25, -0.2) is 0 Å². The summed E-state index contributed by atoms with van der Waals surface area (Å²) in [6.07, 6.45) is 1.12. The van der Waals surface area contributed by atoms with Gasteiger partial charge in [-0.05, 0) is 41.2 Å². The lowest BCUT2D eigenvalue weighted by Gasteiger charge is -2.28. The van der Waals surface area contributed by atoms with Crippen LogP contribution in [0, 0.1) is 6.92 Å². The molecule has 1 aliphatic rings. The Morgan fingerprint density at radius 2 is 1.82 bits per heavy atom. The first kappa shape index (κ1) is 15.0. The quantitative estimate of drug-likeness (QED) is 0.866. The van der Waals surface area contributed by atoms with Gasteiger partial charge in [0.2, 0.25) is 0 Å². The molecule has 3 rings (SSSR count). The summed E-state index contributed by atoms with van der Waals surface area (Å²) in [5.41, 5.74) is 5.24. The number of ether oxygens (including phenoxy) is 1. The summed E-state index contributed by atoms with van der Waals surface area (Å²) in [5, 5.41) is 3.47. The molecule has 1 unspecified atom stereocenters. The van der Waals surface area contributed by atoms with E-state index < -0.39 is 0 Å². The molecule has 0 fully saturated rings. The smallest absolute Gasteiger partial charge is 0.143 e. The fourth-order valence-electron chi connectivity index (χ4n) is 2.84. The summed E-state index contributed by atoms with van der Waals surface area (Å²) >= 11 is 0. The van der Waals surface area contributed by atoms with Crippen LogP contribution in [0.4, 0.5) is 5.69 Å². The van der Waals surface area contributed by atoms with E-state index in [9.17, 15) is 0 Å². The summed E-state index contributed by atoms with van der Waals surface area (Å²) in [4.78, 5) is 0. The number of fused-ring (bicyclic) bond motifs is 1. The maximum Gasteiger partial charge on any atom is 0.143 e. The van der Waals surface area contributed by atoms with Crippen molar-refractivity contribution in [3.8, 4) is 5.75 Å². The van der Waals surface area contributed by atoms with Crippen LogP contribution in [-0.2, 0) is 11.8 Å². The molecule has 2 nitrogen and oxygen atoms in total. The van der Waals surface area contributed by atoms with Gasteiger partial charge in [0.15, 0.2) is 0 Å². The predicted molar refractivity (Wildman–Crippen MR) is 92.9 cm³/mol. The molecule has 0 saturated heterocycles. The minimum absolute atomic E-state index is 0.190. The van der Waals surface area contributed by atoms with Gasteiger partial charge in [0.1, 0.15) is 11.9 Å². The molecule has 1 atom stereocenters. The second kappa shape index (κ2) is 5.68. The number of rotatable bonds is 2. The predicted octanol–water partition coefficient (Wildman–Crippen LogP) is 4.71. The fraction of sp³-hybridized carbons (Fsp3) is 0.400. The molecule has 0 saturated carbocycles. The van der Waals surface area contributed by atoms with E-state index in [-0.39, 0.29) is 11.5 Å². The lowest BCUT2D eigenvalue weighted by molar-refractivity contribution is 0.206. The first-order valence-electron chi connectivity index (χ1n) is 8.02. The minimum Gasteiger partial charge on any atom is -0.486 e. The molecule has 1 heterocycles. The number of anilines is 1. The Labute approximate surface area is 133 Å². The molecule has 2 heteroatoms. The van der Waals surface area contributed by atoms with Crippen molar-refractivity contribution in [1.29, 1.82) is 0 Å². The monoisotopic (exact) mass is 295 g/mol. The lowest BCUT2D eigenvalue weighted by atomic mass is 9.86. The maximum atomic E-state index is 6.15. The van der Waals surface area contributed by atoms with Crippen molar-refractivity contribution < 1.29 is 4.74 Å². The molecule has 22 heavy (non-hydrogen) atoms. The number of nitrogens with one attached hydrogen (secondary N) is 1. The number of aryl methyl sites for hydroxylation is 1. The Morgan fingerprint density at radius 3 is 2.50 bits per heavy atom. The molecular formula is C20H25NO. The van der Waals surface area contributed by atoms with E-state index in [2.05, 4.69) is 75.5 Å². The number of hydrogen-bond donors (Lipinski definition) is 1. The summed E-state index contributed by atoms with van der Waals surface area (Å²) in [6, 6.07) is 15.3. The number of hydrogen-bond acceptors (Lipinski definition) is 2. The van der Waals surface area contributed by atoms with Crippen LogP contribution in [0.5, 0.6) is 5.75 Å². The lowest BCUT2D eigenvalue weighted by Crippen LogP contribution is -2.32. The van der Waals surface area contributed by atoms with E-state index in [1.807, 2.05) is 0 Å². The van der Waals surface area contributed by atoms with Gasteiger partial charge in [0, 0.05) is 6.42 Å². The van der Waals surface area contributed by atoms with E-state index in [1.54, 1.807) is 0 Å². The summed E-state index contributed by atoms with van der Waals surface area (Å²) in [6.45, 7) is 9.69. The highest BCUT2D eigenvalue weighted by Crippen LogP contribution is 2.31. The molecule has 2 aromatic rings. The highest BCUT2D eigenvalue weighted by molar-refractivity contribution is 5.59. The molecule has 116 valence electrons. The highest BCUT2D eigenvalue weighted by atomic mass is 16.5. The van der Waals surface area contributed by atoms with Crippen LogP contribution >= 0.6 is 0 Å². The highest BCUT2D eigenvalue weighted by Gasteiger charge is 2.20. The molecule has 1 N–H and O–H groups in total. The van der Waals surface area contributed by atoms with E-state index >= 15 is 0 Å². The zero-order valence-corrected chi connectivity index (χ0v) is 13.9. The molecule has 0 amide bonds. The van der Waals surface area contributed by atoms with E-state index in [0.717, 1.165) is 24.4 Å². The van der Waals surface area contributed by atoms with Crippen LogP contribution in [0.25, 0.3) is 0 Å². The van der Waals surface area contributed by atoms with Crippen LogP contribution in [-0.4, -0.2) is 12.6 Å². The van der Waals surface area contributed by atoms with Crippen molar-refractivity contribution >= 4 is 5.69 Å². The second-order valence-corrected chi connectivity index (χ2v) is 7.27. The fourth-order valence-corrected chi connectivity index (χ4v) is 2.84. The molecule has 0 aliphatic carbocycles. The Morgan fingerprint density at radius 1 is 1.09 bits per heavy atom. The molecule has 0 bridgehead atoms.